The van der Waals surface area contributed by atoms with Crippen LogP contribution in [-0.4, -0.2) is 53.6 Å². The van der Waals surface area contributed by atoms with Gasteiger partial charge in [0.2, 0.25) is 17.8 Å². The molecule has 27 aromatic rings. The highest BCUT2D eigenvalue weighted by Gasteiger charge is 2.25. The van der Waals surface area contributed by atoms with Crippen molar-refractivity contribution in [3.05, 3.63) is 431 Å². The lowest BCUT2D eigenvalue weighted by molar-refractivity contribution is 0.668. The first-order valence-electron chi connectivity index (χ1n) is 43.3. The van der Waals surface area contributed by atoms with Crippen molar-refractivity contribution < 1.29 is 8.83 Å². The first-order chi connectivity index (χ1) is 64.4. The van der Waals surface area contributed by atoms with Gasteiger partial charge in [-0.05, 0) is 143 Å². The summed E-state index contributed by atoms with van der Waals surface area (Å²) in [5.41, 5.74) is 23.6. The summed E-state index contributed by atoms with van der Waals surface area (Å²) in [7, 11) is 0. The van der Waals surface area contributed by atoms with Crippen LogP contribution in [0, 0.1) is 0 Å². The Bertz CT molecular complexity index is 8670. The Balaban J connectivity index is 0.000000105. The first kappa shape index (κ1) is 75.1. The van der Waals surface area contributed by atoms with E-state index in [1.54, 1.807) is 0 Å². The number of nitrogens with zero attached hydrogens (tertiary/aromatic N) is 11. The standard InChI is InChI=1S/C39H24N4O.C39H24N4S.C38H23N3O/c2*1-3-11-25(12-4-1)37-40-38(26-13-5-2-6-14-26)42-39(41-37)43-33-17-9-7-15-29(33)32-23-27(20-22-34(32)43)28-19-21-31-30-16-8-10-18-35(30)44-36(31)24-28;1-2-10-24(11-3-1)37-29-14-4-7-15-32(29)39-38(40-37)41-33-16-8-5-12-27(33)30-22-25(18-20-34(30)41)26-19-21-36-31(23-26)28-13-6-9-17-35(28)42-36/h2*1-24H;1-23H. The lowest BCUT2D eigenvalue weighted by Gasteiger charge is -2.11. The molecule has 9 aromatic heterocycles. The number of benzene rings is 18. The van der Waals surface area contributed by atoms with E-state index in [0.717, 1.165) is 165 Å². The molecule has 130 heavy (non-hydrogen) atoms. The van der Waals surface area contributed by atoms with Crippen molar-refractivity contribution >= 4 is 152 Å². The van der Waals surface area contributed by atoms with E-state index in [0.29, 0.717) is 41.1 Å². The lowest BCUT2D eigenvalue weighted by Crippen LogP contribution is -2.06. The third-order valence-electron chi connectivity index (χ3n) is 24.8. The van der Waals surface area contributed by atoms with Gasteiger partial charge >= 0.3 is 0 Å². The molecule has 0 fully saturated rings. The minimum absolute atomic E-state index is 0.584. The number of aromatic nitrogens is 11. The number of furan rings is 2. The summed E-state index contributed by atoms with van der Waals surface area (Å²) >= 11 is 1.85. The molecule has 0 spiro atoms. The minimum atomic E-state index is 0.584. The van der Waals surface area contributed by atoms with Crippen LogP contribution in [0.2, 0.25) is 0 Å². The van der Waals surface area contributed by atoms with Gasteiger partial charge in [-0.1, -0.05) is 322 Å². The van der Waals surface area contributed by atoms with Crippen LogP contribution in [0.5, 0.6) is 0 Å². The fraction of sp³-hybridized carbons (Fsp3) is 0. The predicted molar refractivity (Wildman–Crippen MR) is 533 cm³/mol. The summed E-state index contributed by atoms with van der Waals surface area (Å²) in [6.07, 6.45) is 0. The van der Waals surface area contributed by atoms with Crippen LogP contribution in [-0.2, 0) is 0 Å². The molecule has 0 aliphatic heterocycles. The smallest absolute Gasteiger partial charge is 0.238 e. The van der Waals surface area contributed by atoms with Crippen molar-refractivity contribution in [1.29, 1.82) is 0 Å². The third-order valence-corrected chi connectivity index (χ3v) is 25.9. The SMILES string of the molecule is c1ccc(-c2nc(-c3ccccc3)nc(-n3c4ccccc4c4cc(-c5ccc6c(c5)oc5ccccc56)ccc43)n2)cc1.c1ccc(-c2nc(-c3ccccc3)nc(-n3c4ccccc4c4cc(-c5ccc6c(c5)sc5ccccc56)ccc43)n2)cc1.c1ccc(-c2nc(-n3c4ccccc4c4cc(-c5ccc6oc7ccccc7c6c5)ccc43)nc3ccccc23)cc1. The number of rotatable bonds is 11. The largest absolute Gasteiger partial charge is 0.456 e. The minimum Gasteiger partial charge on any atom is -0.456 e. The Morgan fingerprint density at radius 3 is 0.954 bits per heavy atom. The van der Waals surface area contributed by atoms with Crippen LogP contribution < -0.4 is 0 Å². The number of para-hydroxylation sites is 6. The molecular weight excluding hydrogens is 1610 g/mol. The summed E-state index contributed by atoms with van der Waals surface area (Å²) in [5.74, 6) is 4.41. The molecule has 0 bridgehead atoms. The highest BCUT2D eigenvalue weighted by molar-refractivity contribution is 7.25. The maximum absolute atomic E-state index is 6.20. The summed E-state index contributed by atoms with van der Waals surface area (Å²) in [6.45, 7) is 0. The summed E-state index contributed by atoms with van der Waals surface area (Å²) in [4.78, 5) is 40.2. The van der Waals surface area contributed by atoms with Gasteiger partial charge in [-0.2, -0.15) is 19.9 Å². The summed E-state index contributed by atoms with van der Waals surface area (Å²) in [6, 6.07) is 149. The normalized spacial score (nSPS) is 11.7. The van der Waals surface area contributed by atoms with E-state index in [4.69, 9.17) is 48.7 Å². The van der Waals surface area contributed by atoms with Crippen LogP contribution in [0.25, 0.3) is 248 Å². The fourth-order valence-corrected chi connectivity index (χ4v) is 19.7. The summed E-state index contributed by atoms with van der Waals surface area (Å²) < 4.78 is 21.4. The van der Waals surface area contributed by atoms with Gasteiger partial charge in [-0.3, -0.25) is 13.7 Å². The van der Waals surface area contributed by atoms with Crippen LogP contribution in [0.4, 0.5) is 0 Å². The second-order valence-corrected chi connectivity index (χ2v) is 33.5. The van der Waals surface area contributed by atoms with Crippen molar-refractivity contribution in [1.82, 2.24) is 53.6 Å². The average molecular weight is 1680 g/mol. The number of hydrogen-bond donors (Lipinski definition) is 0. The van der Waals surface area contributed by atoms with Crippen molar-refractivity contribution in [2.45, 2.75) is 0 Å². The van der Waals surface area contributed by atoms with Crippen LogP contribution in [0.3, 0.4) is 0 Å². The van der Waals surface area contributed by atoms with Crippen molar-refractivity contribution in [2.75, 3.05) is 0 Å². The molecule has 0 N–H and O–H groups in total. The van der Waals surface area contributed by atoms with E-state index < -0.39 is 0 Å². The number of hydrogen-bond acceptors (Lipinski definition) is 11. The number of fused-ring (bicyclic) bond motifs is 19. The molecule has 0 saturated carbocycles. The van der Waals surface area contributed by atoms with E-state index in [-0.39, 0.29) is 0 Å². The maximum Gasteiger partial charge on any atom is 0.238 e. The monoisotopic (exact) mass is 1680 g/mol. The molecule has 0 aliphatic rings. The van der Waals surface area contributed by atoms with Crippen molar-refractivity contribution in [3.8, 4) is 108 Å². The van der Waals surface area contributed by atoms with Crippen LogP contribution in [0.1, 0.15) is 0 Å². The molecule has 0 atom stereocenters. The Labute approximate surface area is 747 Å². The van der Waals surface area contributed by atoms with Crippen molar-refractivity contribution in [3.63, 3.8) is 0 Å². The molecule has 0 amide bonds. The number of thiophene rings is 1. The lowest BCUT2D eigenvalue weighted by atomic mass is 10.0. The molecule has 18 aromatic carbocycles. The summed E-state index contributed by atoms with van der Waals surface area (Å²) in [5, 5.41) is 15.1. The van der Waals surface area contributed by atoms with E-state index in [9.17, 15) is 0 Å². The molecule has 0 unspecified atom stereocenters. The molecule has 14 heteroatoms. The Morgan fingerprint density at radius 1 is 0.169 bits per heavy atom. The third kappa shape index (κ3) is 13.2. The molecule has 27 rings (SSSR count). The molecule has 0 radical (unpaired) electrons. The Kier molecular flexibility index (Phi) is 18.1. The Hall–Kier alpha value is -17.5. The Morgan fingerprint density at radius 2 is 0.477 bits per heavy atom. The van der Waals surface area contributed by atoms with E-state index >= 15 is 0 Å². The first-order valence-corrected chi connectivity index (χ1v) is 44.2. The highest BCUT2D eigenvalue weighted by atomic mass is 32.1. The molecule has 9 heterocycles. The average Bonchev–Trinajstić information content (AvgIpc) is 1.52. The quantitative estimate of drug-likeness (QED) is 0.123. The van der Waals surface area contributed by atoms with Gasteiger partial charge in [0.25, 0.3) is 0 Å². The predicted octanol–water partition coefficient (Wildman–Crippen LogP) is 30.2. The van der Waals surface area contributed by atoms with Gasteiger partial charge in [0.1, 0.15) is 22.3 Å². The fourth-order valence-electron chi connectivity index (χ4n) is 18.6. The van der Waals surface area contributed by atoms with E-state index in [1.165, 1.54) is 42.1 Å². The zero-order chi connectivity index (χ0) is 85.7. The van der Waals surface area contributed by atoms with Gasteiger partial charge in [0.15, 0.2) is 23.3 Å². The molecular formula is C116H71N11O2S. The van der Waals surface area contributed by atoms with Gasteiger partial charge in [0, 0.05) is 107 Å². The van der Waals surface area contributed by atoms with Gasteiger partial charge in [0.05, 0.1) is 44.3 Å². The van der Waals surface area contributed by atoms with Gasteiger partial charge in [-0.15, -0.1) is 11.3 Å². The second kappa shape index (κ2) is 31.3. The topological polar surface area (TPSA) is 144 Å². The zero-order valence-electron chi connectivity index (χ0n) is 69.6. The highest BCUT2D eigenvalue weighted by Crippen LogP contribution is 2.44. The van der Waals surface area contributed by atoms with E-state index in [1.807, 2.05) is 181 Å². The van der Waals surface area contributed by atoms with Gasteiger partial charge < -0.3 is 8.83 Å². The zero-order valence-corrected chi connectivity index (χ0v) is 70.5. The molecule has 13 nitrogen and oxygen atoms in total. The molecule has 0 aliphatic carbocycles. The second-order valence-electron chi connectivity index (χ2n) is 32.5. The molecule has 608 valence electrons. The molecule has 0 saturated heterocycles. The van der Waals surface area contributed by atoms with E-state index in [2.05, 4.69) is 275 Å². The van der Waals surface area contributed by atoms with Crippen molar-refractivity contribution in [2.24, 2.45) is 0 Å². The maximum atomic E-state index is 6.20. The van der Waals surface area contributed by atoms with Crippen LogP contribution in [0.15, 0.2) is 440 Å². The van der Waals surface area contributed by atoms with Crippen LogP contribution >= 0.6 is 11.3 Å². The van der Waals surface area contributed by atoms with Gasteiger partial charge in [-0.25, -0.2) is 19.9 Å².